The van der Waals surface area contributed by atoms with Crippen molar-refractivity contribution in [1.82, 2.24) is 4.90 Å². The van der Waals surface area contributed by atoms with Crippen molar-refractivity contribution in [3.63, 3.8) is 0 Å². The first-order valence-electron chi connectivity index (χ1n) is 4.94. The lowest BCUT2D eigenvalue weighted by Crippen LogP contribution is -2.48. The van der Waals surface area contributed by atoms with E-state index in [0.717, 1.165) is 0 Å². The number of hydrogen-bond acceptors (Lipinski definition) is 3. The van der Waals surface area contributed by atoms with Crippen molar-refractivity contribution in [2.75, 3.05) is 24.6 Å². The quantitative estimate of drug-likeness (QED) is 0.708. The van der Waals surface area contributed by atoms with Crippen LogP contribution in [0, 0.1) is 0 Å². The molecule has 0 aromatic heterocycles. The molecule has 8 heteroatoms. The van der Waals surface area contributed by atoms with Crippen LogP contribution in [0.2, 0.25) is 0 Å². The fourth-order valence-electron chi connectivity index (χ4n) is 1.63. The predicted octanol–water partition coefficient (Wildman–Crippen LogP) is 1.05. The first-order chi connectivity index (χ1) is 7.12. The maximum Gasteiger partial charge on any atom is 0.506 e. The minimum Gasteiger partial charge on any atom is -0.445 e. The lowest BCUT2D eigenvalue weighted by molar-refractivity contribution is 0.245. The predicted molar refractivity (Wildman–Crippen MR) is 57.9 cm³/mol. The molecule has 1 fully saturated rings. The summed E-state index contributed by atoms with van der Waals surface area (Å²) in [6.07, 6.45) is 0. The van der Waals surface area contributed by atoms with Gasteiger partial charge in [-0.1, -0.05) is 0 Å². The molecule has 0 saturated carbocycles. The van der Waals surface area contributed by atoms with Gasteiger partial charge in [0.15, 0.2) is 9.84 Å². The van der Waals surface area contributed by atoms with Gasteiger partial charge in [-0.2, -0.15) is 0 Å². The van der Waals surface area contributed by atoms with Crippen molar-refractivity contribution >= 4 is 16.8 Å². The lowest BCUT2D eigenvalue weighted by Gasteiger charge is -2.35. The summed E-state index contributed by atoms with van der Waals surface area (Å²) in [7, 11) is -3.08. The summed E-state index contributed by atoms with van der Waals surface area (Å²) in [6.45, 7) is -0.555. The highest BCUT2D eigenvalue weighted by Gasteiger charge is 2.32. The molecule has 0 spiro atoms. The van der Waals surface area contributed by atoms with E-state index in [9.17, 15) is 21.4 Å². The molecule has 1 saturated heterocycles. The van der Waals surface area contributed by atoms with E-state index in [1.54, 1.807) is 6.92 Å². The molecule has 0 radical (unpaired) electrons. The van der Waals surface area contributed by atoms with Crippen LogP contribution in [0.4, 0.5) is 12.9 Å². The third-order valence-corrected chi connectivity index (χ3v) is 4.47. The largest absolute Gasteiger partial charge is 0.506 e. The van der Waals surface area contributed by atoms with E-state index in [4.69, 9.17) is 0 Å². The Morgan fingerprint density at radius 3 is 2.50 bits per heavy atom. The minimum absolute atomic E-state index is 0.0739. The van der Waals surface area contributed by atoms with E-state index >= 15 is 0 Å². The zero-order chi connectivity index (χ0) is 12.6. The lowest BCUT2D eigenvalue weighted by atomic mass is 9.80. The van der Waals surface area contributed by atoms with Gasteiger partial charge in [0.25, 0.3) is 0 Å². The van der Waals surface area contributed by atoms with Crippen molar-refractivity contribution in [2.45, 2.75) is 13.0 Å². The molecule has 1 aliphatic heterocycles. The van der Waals surface area contributed by atoms with Crippen molar-refractivity contribution in [1.29, 1.82) is 0 Å². The van der Waals surface area contributed by atoms with Crippen LogP contribution in [-0.2, 0) is 9.84 Å². The number of nitrogens with zero attached hydrogens (tertiary/aromatic N) is 1. The maximum absolute atomic E-state index is 12.3. The third-order valence-electron chi connectivity index (χ3n) is 2.68. The Morgan fingerprint density at radius 1 is 1.50 bits per heavy atom. The Bertz CT molecular complexity index is 379. The zero-order valence-electron chi connectivity index (χ0n) is 9.00. The molecule has 1 rings (SSSR count). The molecule has 0 aromatic rings. The van der Waals surface area contributed by atoms with Gasteiger partial charge in [-0.15, -0.1) is 12.1 Å². The van der Waals surface area contributed by atoms with E-state index in [0.29, 0.717) is 0 Å². The van der Waals surface area contributed by atoms with Crippen LogP contribution in [-0.4, -0.2) is 50.9 Å². The average molecular weight is 256 g/mol. The molecular formula is C8H14BF3NO2S-. The molecule has 0 N–H and O–H groups in total. The van der Waals surface area contributed by atoms with Gasteiger partial charge in [0.2, 0.25) is 0 Å². The molecular weight excluding hydrogens is 242 g/mol. The summed E-state index contributed by atoms with van der Waals surface area (Å²) in [6, 6.07) is -0.381. The second-order valence-corrected chi connectivity index (χ2v) is 6.40. The molecule has 16 heavy (non-hydrogen) atoms. The summed E-state index contributed by atoms with van der Waals surface area (Å²) < 4.78 is 59.3. The Labute approximate surface area is 93.3 Å². The van der Waals surface area contributed by atoms with Crippen LogP contribution < -0.4 is 0 Å². The first kappa shape index (κ1) is 13.6. The summed E-state index contributed by atoms with van der Waals surface area (Å²) in [5.41, 5.74) is -0.772. The van der Waals surface area contributed by atoms with E-state index in [1.807, 2.05) is 0 Å². The van der Waals surface area contributed by atoms with E-state index in [-0.39, 0.29) is 30.6 Å². The second-order valence-electron chi connectivity index (χ2n) is 4.17. The Morgan fingerprint density at radius 2 is 2.06 bits per heavy atom. The average Bonchev–Trinajstić information content (AvgIpc) is 2.07. The van der Waals surface area contributed by atoms with Crippen LogP contribution in [0.5, 0.6) is 0 Å². The van der Waals surface area contributed by atoms with Crippen LogP contribution in [0.3, 0.4) is 0 Å². The van der Waals surface area contributed by atoms with Crippen molar-refractivity contribution in [3.8, 4) is 0 Å². The standard InChI is InChI=1S/C8H14BF3NO2S/c1-7(9(10,11)12)5-13-3-4-16(14,15)6-8(13)2/h8H,1,3-6H2,2H3/q-1. The SMILES string of the molecule is C=C(CN1CCS(=O)(=O)CC1C)[B-](F)(F)F. The van der Waals surface area contributed by atoms with Gasteiger partial charge in [0.1, 0.15) is 0 Å². The fraction of sp³-hybridized carbons (Fsp3) is 0.750. The van der Waals surface area contributed by atoms with Gasteiger partial charge in [0, 0.05) is 12.6 Å². The van der Waals surface area contributed by atoms with Crippen LogP contribution >= 0.6 is 0 Å². The number of sulfone groups is 1. The summed E-state index contributed by atoms with van der Waals surface area (Å²) in [5, 5.41) is 0. The number of hydrogen-bond donors (Lipinski definition) is 0. The molecule has 0 bridgehead atoms. The van der Waals surface area contributed by atoms with Crippen molar-refractivity contribution < 1.29 is 21.4 Å². The second kappa shape index (κ2) is 4.41. The smallest absolute Gasteiger partial charge is 0.445 e. The summed E-state index contributed by atoms with van der Waals surface area (Å²) in [4.78, 5) is 1.51. The van der Waals surface area contributed by atoms with E-state index in [1.165, 1.54) is 4.90 Å². The molecule has 1 heterocycles. The van der Waals surface area contributed by atoms with Gasteiger partial charge in [-0.3, -0.25) is 4.90 Å². The third kappa shape index (κ3) is 3.52. The van der Waals surface area contributed by atoms with Crippen LogP contribution in [0.1, 0.15) is 6.92 Å². The summed E-state index contributed by atoms with van der Waals surface area (Å²) >= 11 is 0. The molecule has 3 nitrogen and oxygen atoms in total. The topological polar surface area (TPSA) is 37.4 Å². The minimum atomic E-state index is -5.03. The highest BCUT2D eigenvalue weighted by Crippen LogP contribution is 2.21. The summed E-state index contributed by atoms with van der Waals surface area (Å²) in [5.74, 6) is -0.152. The Balaban J connectivity index is 2.61. The van der Waals surface area contributed by atoms with Crippen molar-refractivity contribution in [2.24, 2.45) is 0 Å². The van der Waals surface area contributed by atoms with Crippen LogP contribution in [0.25, 0.3) is 0 Å². The van der Waals surface area contributed by atoms with Gasteiger partial charge >= 0.3 is 6.98 Å². The molecule has 94 valence electrons. The van der Waals surface area contributed by atoms with Crippen molar-refractivity contribution in [3.05, 3.63) is 12.1 Å². The monoisotopic (exact) mass is 256 g/mol. The van der Waals surface area contributed by atoms with Gasteiger partial charge in [0.05, 0.1) is 11.5 Å². The molecule has 0 aromatic carbocycles. The molecule has 0 amide bonds. The fourth-order valence-corrected chi connectivity index (χ4v) is 3.26. The molecule has 1 atom stereocenters. The van der Waals surface area contributed by atoms with Gasteiger partial charge in [-0.05, 0) is 13.5 Å². The zero-order valence-corrected chi connectivity index (χ0v) is 9.81. The molecule has 1 aliphatic rings. The van der Waals surface area contributed by atoms with Gasteiger partial charge < -0.3 is 12.9 Å². The van der Waals surface area contributed by atoms with E-state index < -0.39 is 22.3 Å². The Hall–Kier alpha value is -0.495. The normalized spacial score (nSPS) is 26.6. The Kier molecular flexibility index (Phi) is 3.74. The highest BCUT2D eigenvalue weighted by atomic mass is 32.2. The molecule has 0 aliphatic carbocycles. The number of rotatable bonds is 3. The van der Waals surface area contributed by atoms with Gasteiger partial charge in [-0.25, -0.2) is 8.42 Å². The maximum atomic E-state index is 12.3. The van der Waals surface area contributed by atoms with Crippen LogP contribution in [0.15, 0.2) is 12.1 Å². The highest BCUT2D eigenvalue weighted by molar-refractivity contribution is 7.91. The number of halogens is 3. The molecule has 1 unspecified atom stereocenters. The first-order valence-corrected chi connectivity index (χ1v) is 6.76. The van der Waals surface area contributed by atoms with E-state index in [2.05, 4.69) is 6.58 Å².